The van der Waals surface area contributed by atoms with Crippen LogP contribution < -0.4 is 10.0 Å². The molecule has 1 saturated carbocycles. The number of carbonyl (C=O) groups excluding carboxylic acids is 2. The summed E-state index contributed by atoms with van der Waals surface area (Å²) >= 11 is 0. The largest absolute Gasteiger partial charge is 0.376 e. The summed E-state index contributed by atoms with van der Waals surface area (Å²) in [5.74, 6) is -0.958. The first-order chi connectivity index (χ1) is 20.3. The molecule has 2 unspecified atom stereocenters. The second-order valence-corrected chi connectivity index (χ2v) is 12.6. The Balaban J connectivity index is 1.35. The highest BCUT2D eigenvalue weighted by Gasteiger charge is 2.32. The minimum absolute atomic E-state index is 0.0137. The van der Waals surface area contributed by atoms with Crippen LogP contribution in [0.25, 0.3) is 0 Å². The molecule has 3 aromatic rings. The van der Waals surface area contributed by atoms with E-state index < -0.39 is 16.1 Å². The SMILES string of the molecule is O=C(NCC1CCCO1)C(c1ccccc1)N(Cc1ccc(F)cc1)C(=O)CCc1ccc(S(=O)(=O)NC2CC2)cc1. The summed E-state index contributed by atoms with van der Waals surface area (Å²) in [4.78, 5) is 29.3. The lowest BCUT2D eigenvalue weighted by Gasteiger charge is -2.32. The van der Waals surface area contributed by atoms with Crippen LogP contribution in [-0.4, -0.2) is 50.4 Å². The van der Waals surface area contributed by atoms with E-state index in [0.29, 0.717) is 30.7 Å². The lowest BCUT2D eigenvalue weighted by molar-refractivity contribution is -0.141. The van der Waals surface area contributed by atoms with Crippen molar-refractivity contribution in [1.82, 2.24) is 14.9 Å². The van der Waals surface area contributed by atoms with E-state index in [1.54, 1.807) is 36.4 Å². The summed E-state index contributed by atoms with van der Waals surface area (Å²) in [5, 5.41) is 2.98. The second-order valence-electron chi connectivity index (χ2n) is 10.9. The summed E-state index contributed by atoms with van der Waals surface area (Å²) in [6, 6.07) is 20.6. The molecule has 42 heavy (non-hydrogen) atoms. The molecule has 1 aliphatic carbocycles. The zero-order valence-electron chi connectivity index (χ0n) is 23.4. The lowest BCUT2D eigenvalue weighted by Crippen LogP contribution is -2.45. The summed E-state index contributed by atoms with van der Waals surface area (Å²) in [7, 11) is -3.56. The molecule has 2 amide bonds. The van der Waals surface area contributed by atoms with Gasteiger partial charge in [-0.3, -0.25) is 9.59 Å². The average Bonchev–Trinajstić information content (AvgIpc) is 3.64. The van der Waals surface area contributed by atoms with Gasteiger partial charge in [0, 0.05) is 32.2 Å². The Bertz CT molecular complexity index is 1460. The molecule has 0 radical (unpaired) electrons. The molecule has 0 bridgehead atoms. The van der Waals surface area contributed by atoms with Crippen molar-refractivity contribution in [3.05, 3.63) is 101 Å². The van der Waals surface area contributed by atoms with Gasteiger partial charge in [0.2, 0.25) is 21.8 Å². The maximum absolute atomic E-state index is 13.9. The summed E-state index contributed by atoms with van der Waals surface area (Å²) in [6.07, 6.45) is 3.91. The maximum atomic E-state index is 13.9. The van der Waals surface area contributed by atoms with E-state index in [1.807, 2.05) is 30.3 Å². The first kappa shape index (κ1) is 29.9. The Hall–Kier alpha value is -3.60. The third kappa shape index (κ3) is 8.02. The van der Waals surface area contributed by atoms with Gasteiger partial charge in [0.05, 0.1) is 11.0 Å². The second kappa shape index (κ2) is 13.6. The van der Waals surface area contributed by atoms with Crippen molar-refractivity contribution >= 4 is 21.8 Å². The highest BCUT2D eigenvalue weighted by atomic mass is 32.2. The predicted molar refractivity (Wildman–Crippen MR) is 156 cm³/mol. The zero-order chi connectivity index (χ0) is 29.5. The molecule has 10 heteroatoms. The van der Waals surface area contributed by atoms with Gasteiger partial charge in [-0.15, -0.1) is 0 Å². The van der Waals surface area contributed by atoms with Gasteiger partial charge < -0.3 is 15.0 Å². The van der Waals surface area contributed by atoms with Crippen molar-refractivity contribution in [1.29, 1.82) is 0 Å². The van der Waals surface area contributed by atoms with E-state index in [2.05, 4.69) is 10.0 Å². The third-order valence-corrected chi connectivity index (χ3v) is 9.09. The summed E-state index contributed by atoms with van der Waals surface area (Å²) in [6.45, 7) is 1.13. The smallest absolute Gasteiger partial charge is 0.247 e. The fraction of sp³-hybridized carbons (Fsp3) is 0.375. The van der Waals surface area contributed by atoms with Crippen LogP contribution in [0, 0.1) is 5.82 Å². The van der Waals surface area contributed by atoms with Crippen molar-refractivity contribution in [2.45, 2.75) is 68.2 Å². The molecule has 5 rings (SSSR count). The number of amides is 2. The minimum atomic E-state index is -3.56. The molecule has 8 nitrogen and oxygen atoms in total. The molecule has 222 valence electrons. The normalized spacial score (nSPS) is 17.5. The monoisotopic (exact) mass is 593 g/mol. The topological polar surface area (TPSA) is 105 Å². The van der Waals surface area contributed by atoms with Crippen molar-refractivity contribution in [2.24, 2.45) is 0 Å². The van der Waals surface area contributed by atoms with E-state index in [9.17, 15) is 22.4 Å². The Morgan fingerprint density at radius 1 is 0.929 bits per heavy atom. The predicted octanol–water partition coefficient (Wildman–Crippen LogP) is 4.26. The van der Waals surface area contributed by atoms with Crippen LogP contribution in [0.3, 0.4) is 0 Å². The van der Waals surface area contributed by atoms with E-state index in [0.717, 1.165) is 31.2 Å². The molecule has 0 aromatic heterocycles. The first-order valence-corrected chi connectivity index (χ1v) is 15.9. The molecule has 2 fully saturated rings. The van der Waals surface area contributed by atoms with Gasteiger partial charge in [0.15, 0.2) is 0 Å². The van der Waals surface area contributed by atoms with Crippen molar-refractivity contribution in [3.8, 4) is 0 Å². The molecule has 2 aliphatic rings. The number of nitrogens with one attached hydrogen (secondary N) is 2. The molecular formula is C32H36FN3O5S. The van der Waals surface area contributed by atoms with Crippen LogP contribution >= 0.6 is 0 Å². The standard InChI is InChI=1S/C32H36FN3O5S/c33-26-13-8-24(9-14-26)22-36(31(25-5-2-1-3-6-25)32(38)34-21-28-7-4-20-41-28)30(37)19-12-23-10-17-29(18-11-23)42(39,40)35-27-15-16-27/h1-3,5-6,8-11,13-14,17-18,27-28,31,35H,4,7,12,15-16,19-22H2,(H,34,38). The molecule has 0 spiro atoms. The molecule has 1 heterocycles. The van der Waals surface area contributed by atoms with Crippen molar-refractivity contribution < 1.29 is 27.1 Å². The highest BCUT2D eigenvalue weighted by Crippen LogP contribution is 2.26. The number of nitrogens with zero attached hydrogens (tertiary/aromatic N) is 1. The average molecular weight is 594 g/mol. The number of hydrogen-bond donors (Lipinski definition) is 2. The number of ether oxygens (including phenoxy) is 1. The van der Waals surface area contributed by atoms with Crippen LogP contribution in [0.1, 0.15) is 54.8 Å². The number of sulfonamides is 1. The van der Waals surface area contributed by atoms with E-state index >= 15 is 0 Å². The van der Waals surface area contributed by atoms with Gasteiger partial charge in [-0.1, -0.05) is 54.6 Å². The number of carbonyl (C=O) groups is 2. The van der Waals surface area contributed by atoms with Gasteiger partial charge in [-0.25, -0.2) is 17.5 Å². The van der Waals surface area contributed by atoms with Crippen LogP contribution in [0.15, 0.2) is 83.8 Å². The number of rotatable bonds is 13. The Morgan fingerprint density at radius 2 is 1.62 bits per heavy atom. The number of benzene rings is 3. The van der Waals surface area contributed by atoms with Crippen LogP contribution in [0.2, 0.25) is 0 Å². The fourth-order valence-corrected chi connectivity index (χ4v) is 6.36. The third-order valence-electron chi connectivity index (χ3n) is 7.55. The van der Waals surface area contributed by atoms with E-state index in [1.165, 1.54) is 17.0 Å². The molecule has 1 aliphatic heterocycles. The summed E-state index contributed by atoms with van der Waals surface area (Å²) in [5.41, 5.74) is 2.15. The number of hydrogen-bond acceptors (Lipinski definition) is 5. The quantitative estimate of drug-likeness (QED) is 0.308. The Labute approximate surface area is 246 Å². The lowest BCUT2D eigenvalue weighted by atomic mass is 10.0. The van der Waals surface area contributed by atoms with Crippen LogP contribution in [-0.2, 0) is 37.3 Å². The van der Waals surface area contributed by atoms with Gasteiger partial charge in [-0.05, 0) is 73.1 Å². The molecule has 3 aromatic carbocycles. The molecule has 1 saturated heterocycles. The van der Waals surface area contributed by atoms with Crippen LogP contribution in [0.5, 0.6) is 0 Å². The van der Waals surface area contributed by atoms with Crippen molar-refractivity contribution in [3.63, 3.8) is 0 Å². The molecular weight excluding hydrogens is 557 g/mol. The highest BCUT2D eigenvalue weighted by molar-refractivity contribution is 7.89. The number of halogens is 1. The van der Waals surface area contributed by atoms with Crippen molar-refractivity contribution in [2.75, 3.05) is 13.2 Å². The van der Waals surface area contributed by atoms with Gasteiger partial charge >= 0.3 is 0 Å². The Kier molecular flexibility index (Phi) is 9.66. The zero-order valence-corrected chi connectivity index (χ0v) is 24.2. The molecule has 2 atom stereocenters. The Morgan fingerprint density at radius 3 is 2.26 bits per heavy atom. The van der Waals surface area contributed by atoms with Gasteiger partial charge in [0.1, 0.15) is 11.9 Å². The first-order valence-electron chi connectivity index (χ1n) is 14.4. The maximum Gasteiger partial charge on any atom is 0.247 e. The minimum Gasteiger partial charge on any atom is -0.376 e. The van der Waals surface area contributed by atoms with E-state index in [4.69, 9.17) is 4.74 Å². The molecule has 2 N–H and O–H groups in total. The van der Waals surface area contributed by atoms with Gasteiger partial charge in [0.25, 0.3) is 0 Å². The van der Waals surface area contributed by atoms with Gasteiger partial charge in [-0.2, -0.15) is 0 Å². The van der Waals surface area contributed by atoms with E-state index in [-0.39, 0.29) is 47.6 Å². The van der Waals surface area contributed by atoms with Crippen LogP contribution in [0.4, 0.5) is 4.39 Å². The number of aryl methyl sites for hydroxylation is 1. The summed E-state index contributed by atoms with van der Waals surface area (Å²) < 4.78 is 47.0. The fourth-order valence-electron chi connectivity index (χ4n) is 5.05.